The van der Waals surface area contributed by atoms with Crippen molar-refractivity contribution >= 4 is 11.3 Å². The fourth-order valence-electron chi connectivity index (χ4n) is 1.59. The van der Waals surface area contributed by atoms with E-state index in [4.69, 9.17) is 0 Å². The van der Waals surface area contributed by atoms with Crippen LogP contribution in [0, 0.1) is 6.92 Å². The number of hydrogen-bond donors (Lipinski definition) is 3. The Balaban J connectivity index is 1.90. The highest BCUT2D eigenvalue weighted by molar-refractivity contribution is 7.08. The van der Waals surface area contributed by atoms with Gasteiger partial charge in [-0.05, 0) is 46.5 Å². The minimum Gasteiger partial charge on any atom is -0.504 e. The number of phenolic OH excluding ortho intramolecular Hbond substituents is 2. The van der Waals surface area contributed by atoms with E-state index in [1.165, 1.54) is 17.2 Å². The summed E-state index contributed by atoms with van der Waals surface area (Å²) >= 11 is 1.70. The molecule has 0 amide bonds. The molecule has 0 radical (unpaired) electrons. The van der Waals surface area contributed by atoms with Crippen LogP contribution in [0.5, 0.6) is 11.5 Å². The van der Waals surface area contributed by atoms with Gasteiger partial charge in [-0.15, -0.1) is 0 Å². The molecular formula is C13H15NO2S. The molecule has 1 aromatic carbocycles. The van der Waals surface area contributed by atoms with Crippen LogP contribution in [0.15, 0.2) is 29.0 Å². The van der Waals surface area contributed by atoms with E-state index >= 15 is 0 Å². The van der Waals surface area contributed by atoms with Crippen LogP contribution in [0.25, 0.3) is 0 Å². The average molecular weight is 249 g/mol. The van der Waals surface area contributed by atoms with Crippen LogP contribution < -0.4 is 5.32 Å². The van der Waals surface area contributed by atoms with Crippen LogP contribution in [0.1, 0.15) is 16.7 Å². The molecule has 0 aliphatic carbocycles. The molecule has 17 heavy (non-hydrogen) atoms. The summed E-state index contributed by atoms with van der Waals surface area (Å²) in [7, 11) is 0. The third kappa shape index (κ3) is 2.99. The molecule has 1 heterocycles. The second-order valence-corrected chi connectivity index (χ2v) is 4.75. The van der Waals surface area contributed by atoms with E-state index in [-0.39, 0.29) is 11.5 Å². The van der Waals surface area contributed by atoms with Gasteiger partial charge in [-0.25, -0.2) is 0 Å². The first-order chi connectivity index (χ1) is 8.16. The van der Waals surface area contributed by atoms with E-state index in [1.807, 2.05) is 0 Å². The highest BCUT2D eigenvalue weighted by Gasteiger charge is 2.02. The third-order valence-electron chi connectivity index (χ3n) is 2.65. The van der Waals surface area contributed by atoms with Crippen molar-refractivity contribution in [2.75, 3.05) is 0 Å². The molecular weight excluding hydrogens is 234 g/mol. The lowest BCUT2D eigenvalue weighted by Gasteiger charge is -2.06. The molecule has 0 bridgehead atoms. The van der Waals surface area contributed by atoms with Crippen molar-refractivity contribution in [3.8, 4) is 11.5 Å². The van der Waals surface area contributed by atoms with Crippen molar-refractivity contribution in [2.24, 2.45) is 0 Å². The molecule has 3 N–H and O–H groups in total. The Labute approximate surface area is 104 Å². The van der Waals surface area contributed by atoms with Gasteiger partial charge in [0.05, 0.1) is 0 Å². The van der Waals surface area contributed by atoms with Crippen molar-refractivity contribution in [3.05, 3.63) is 45.6 Å². The van der Waals surface area contributed by atoms with Crippen LogP contribution in [-0.4, -0.2) is 10.2 Å². The molecule has 0 saturated carbocycles. The van der Waals surface area contributed by atoms with Gasteiger partial charge in [0.25, 0.3) is 0 Å². The molecule has 2 aromatic rings. The molecule has 4 heteroatoms. The van der Waals surface area contributed by atoms with Crippen molar-refractivity contribution in [3.63, 3.8) is 0 Å². The molecule has 0 spiro atoms. The van der Waals surface area contributed by atoms with Crippen molar-refractivity contribution < 1.29 is 10.2 Å². The van der Waals surface area contributed by atoms with Crippen LogP contribution in [0.3, 0.4) is 0 Å². The Kier molecular flexibility index (Phi) is 3.66. The Morgan fingerprint density at radius 3 is 2.59 bits per heavy atom. The molecule has 0 saturated heterocycles. The first-order valence-corrected chi connectivity index (χ1v) is 6.34. The lowest BCUT2D eigenvalue weighted by atomic mass is 10.2. The van der Waals surface area contributed by atoms with Crippen LogP contribution in [0.2, 0.25) is 0 Å². The van der Waals surface area contributed by atoms with Crippen LogP contribution in [-0.2, 0) is 13.1 Å². The minimum atomic E-state index is -0.0811. The summed E-state index contributed by atoms with van der Waals surface area (Å²) in [5.41, 5.74) is 3.56. The van der Waals surface area contributed by atoms with Gasteiger partial charge in [0.1, 0.15) is 0 Å². The summed E-state index contributed by atoms with van der Waals surface area (Å²) in [6.45, 7) is 3.58. The monoisotopic (exact) mass is 249 g/mol. The van der Waals surface area contributed by atoms with Gasteiger partial charge < -0.3 is 15.5 Å². The Morgan fingerprint density at radius 2 is 1.94 bits per heavy atom. The first-order valence-electron chi connectivity index (χ1n) is 5.40. The van der Waals surface area contributed by atoms with E-state index in [2.05, 4.69) is 23.0 Å². The Bertz CT molecular complexity index is 508. The summed E-state index contributed by atoms with van der Waals surface area (Å²) in [5.74, 6) is -0.154. The molecule has 0 fully saturated rings. The fraction of sp³-hybridized carbons (Fsp3) is 0.231. The van der Waals surface area contributed by atoms with Gasteiger partial charge in [-0.1, -0.05) is 6.07 Å². The van der Waals surface area contributed by atoms with Crippen LogP contribution in [0.4, 0.5) is 0 Å². The van der Waals surface area contributed by atoms with E-state index in [0.717, 1.165) is 12.1 Å². The second kappa shape index (κ2) is 5.21. The predicted molar refractivity (Wildman–Crippen MR) is 69.4 cm³/mol. The highest BCUT2D eigenvalue weighted by Crippen LogP contribution is 2.24. The fourth-order valence-corrected chi connectivity index (χ4v) is 2.45. The Hall–Kier alpha value is -1.52. The topological polar surface area (TPSA) is 52.5 Å². The summed E-state index contributed by atoms with van der Waals surface area (Å²) < 4.78 is 0. The summed E-state index contributed by atoms with van der Waals surface area (Å²) in [6.07, 6.45) is 0. The third-order valence-corrected chi connectivity index (χ3v) is 3.56. The molecule has 0 aliphatic rings. The quantitative estimate of drug-likeness (QED) is 0.730. The number of aromatic hydroxyl groups is 2. The van der Waals surface area contributed by atoms with E-state index < -0.39 is 0 Å². The zero-order valence-corrected chi connectivity index (χ0v) is 10.4. The molecule has 90 valence electrons. The highest BCUT2D eigenvalue weighted by atomic mass is 32.1. The molecule has 0 unspecified atom stereocenters. The predicted octanol–water partition coefficient (Wildman–Crippen LogP) is 2.76. The zero-order valence-electron chi connectivity index (χ0n) is 9.60. The molecule has 0 atom stereocenters. The summed E-state index contributed by atoms with van der Waals surface area (Å²) in [5, 5.41) is 26.1. The standard InChI is InChI=1S/C13H15NO2S/c1-9-7-17-8-11(9)6-14-5-10-2-3-12(15)13(16)4-10/h2-4,7-8,14-16H,5-6H2,1H3. The average Bonchev–Trinajstić information content (AvgIpc) is 2.70. The zero-order chi connectivity index (χ0) is 12.3. The van der Waals surface area contributed by atoms with Gasteiger partial charge in [0, 0.05) is 13.1 Å². The first kappa shape index (κ1) is 12.0. The van der Waals surface area contributed by atoms with E-state index in [0.29, 0.717) is 6.54 Å². The van der Waals surface area contributed by atoms with Crippen molar-refractivity contribution in [2.45, 2.75) is 20.0 Å². The molecule has 2 rings (SSSR count). The minimum absolute atomic E-state index is 0.0731. The van der Waals surface area contributed by atoms with E-state index in [1.54, 1.807) is 23.5 Å². The maximum Gasteiger partial charge on any atom is 0.157 e. The summed E-state index contributed by atoms with van der Waals surface area (Å²) in [4.78, 5) is 0. The lowest BCUT2D eigenvalue weighted by Crippen LogP contribution is -2.12. The van der Waals surface area contributed by atoms with E-state index in [9.17, 15) is 10.2 Å². The SMILES string of the molecule is Cc1cscc1CNCc1ccc(O)c(O)c1. The van der Waals surface area contributed by atoms with Gasteiger partial charge in [0.2, 0.25) is 0 Å². The van der Waals surface area contributed by atoms with Gasteiger partial charge in [-0.3, -0.25) is 0 Å². The van der Waals surface area contributed by atoms with Crippen molar-refractivity contribution in [1.29, 1.82) is 0 Å². The number of nitrogens with one attached hydrogen (secondary N) is 1. The number of phenols is 2. The number of rotatable bonds is 4. The second-order valence-electron chi connectivity index (χ2n) is 4.01. The number of aryl methyl sites for hydroxylation is 1. The maximum absolute atomic E-state index is 9.35. The van der Waals surface area contributed by atoms with Crippen molar-refractivity contribution in [1.82, 2.24) is 5.32 Å². The largest absolute Gasteiger partial charge is 0.504 e. The number of hydrogen-bond acceptors (Lipinski definition) is 4. The van der Waals surface area contributed by atoms with Gasteiger partial charge >= 0.3 is 0 Å². The van der Waals surface area contributed by atoms with Crippen LogP contribution >= 0.6 is 11.3 Å². The molecule has 1 aromatic heterocycles. The smallest absolute Gasteiger partial charge is 0.157 e. The number of thiophene rings is 1. The summed E-state index contributed by atoms with van der Waals surface area (Å²) in [6, 6.07) is 4.87. The molecule has 0 aliphatic heterocycles. The molecule has 3 nitrogen and oxygen atoms in total. The normalized spacial score (nSPS) is 10.6. The van der Waals surface area contributed by atoms with Gasteiger partial charge in [0.15, 0.2) is 11.5 Å². The van der Waals surface area contributed by atoms with Gasteiger partial charge in [-0.2, -0.15) is 11.3 Å². The Morgan fingerprint density at radius 1 is 1.12 bits per heavy atom. The lowest BCUT2D eigenvalue weighted by molar-refractivity contribution is 0.403. The maximum atomic E-state index is 9.35. The number of benzene rings is 1.